The predicted octanol–water partition coefficient (Wildman–Crippen LogP) is 1.85. The van der Waals surface area contributed by atoms with Crippen LogP contribution in [0.25, 0.3) is 5.52 Å². The molecule has 0 saturated carbocycles. The molecule has 0 aromatic carbocycles. The zero-order valence-electron chi connectivity index (χ0n) is 10.5. The Bertz CT molecular complexity index is 632. The van der Waals surface area contributed by atoms with Gasteiger partial charge in [-0.3, -0.25) is 0 Å². The normalized spacial score (nSPS) is 18.9. The molecule has 6 heteroatoms. The van der Waals surface area contributed by atoms with Crippen LogP contribution >= 0.6 is 11.6 Å². The fourth-order valence-corrected chi connectivity index (χ4v) is 2.65. The van der Waals surface area contributed by atoms with Gasteiger partial charge in [-0.15, -0.1) is 0 Å². The topological polar surface area (TPSA) is 55.6 Å². The Kier molecular flexibility index (Phi) is 3.16. The van der Waals surface area contributed by atoms with E-state index < -0.39 is 5.97 Å². The maximum atomic E-state index is 11.8. The van der Waals surface area contributed by atoms with Gasteiger partial charge in [0.2, 0.25) is 0 Å². The van der Waals surface area contributed by atoms with Crippen LogP contribution in [0.2, 0.25) is 5.02 Å². The second-order valence-corrected chi connectivity index (χ2v) is 5.04. The lowest BCUT2D eigenvalue weighted by molar-refractivity contribution is 0.0596. The number of rotatable bonds is 2. The molecule has 0 aliphatic carbocycles. The molecule has 0 spiro atoms. The molecule has 1 fully saturated rings. The van der Waals surface area contributed by atoms with Crippen LogP contribution in [0.1, 0.15) is 28.7 Å². The van der Waals surface area contributed by atoms with Crippen molar-refractivity contribution in [3.63, 3.8) is 0 Å². The monoisotopic (exact) mass is 279 g/mol. The molecule has 1 N–H and O–H groups in total. The second kappa shape index (κ2) is 4.83. The maximum absolute atomic E-state index is 11.8. The van der Waals surface area contributed by atoms with Gasteiger partial charge in [0.25, 0.3) is 0 Å². The van der Waals surface area contributed by atoms with Crippen molar-refractivity contribution in [3.8, 4) is 0 Å². The Labute approximate surface area is 115 Å². The van der Waals surface area contributed by atoms with Gasteiger partial charge in [-0.05, 0) is 25.1 Å². The van der Waals surface area contributed by atoms with Crippen LogP contribution in [0.15, 0.2) is 18.3 Å². The van der Waals surface area contributed by atoms with Gasteiger partial charge < -0.3 is 14.5 Å². The maximum Gasteiger partial charge on any atom is 0.358 e. The largest absolute Gasteiger partial charge is 0.464 e. The number of hydrogen-bond donors (Lipinski definition) is 1. The van der Waals surface area contributed by atoms with Crippen molar-refractivity contribution in [2.24, 2.45) is 0 Å². The third kappa shape index (κ3) is 2.09. The number of carbonyl (C=O) groups excluding carboxylic acids is 1. The second-order valence-electron chi connectivity index (χ2n) is 4.60. The predicted molar refractivity (Wildman–Crippen MR) is 71.8 cm³/mol. The molecular formula is C13H14ClN3O2. The standard InChI is InChI=1S/C13H14ClN3O2/c1-19-13(18)11-10-3-2-9(14)7-17(10)12(16-11)8-4-5-15-6-8/h2-3,7-8,15H,4-6H2,1H3. The highest BCUT2D eigenvalue weighted by molar-refractivity contribution is 6.30. The lowest BCUT2D eigenvalue weighted by Gasteiger charge is -2.07. The smallest absolute Gasteiger partial charge is 0.358 e. The Morgan fingerprint density at radius 2 is 2.42 bits per heavy atom. The van der Waals surface area contributed by atoms with Crippen LogP contribution in [0.5, 0.6) is 0 Å². The Morgan fingerprint density at radius 1 is 1.58 bits per heavy atom. The van der Waals surface area contributed by atoms with Gasteiger partial charge >= 0.3 is 5.97 Å². The van der Waals surface area contributed by atoms with Crippen LogP contribution in [0.4, 0.5) is 0 Å². The van der Waals surface area contributed by atoms with Crippen LogP contribution < -0.4 is 5.32 Å². The number of nitrogens with one attached hydrogen (secondary N) is 1. The zero-order chi connectivity index (χ0) is 13.4. The highest BCUT2D eigenvalue weighted by Crippen LogP contribution is 2.26. The third-order valence-corrected chi connectivity index (χ3v) is 3.66. The molecule has 0 bridgehead atoms. The van der Waals surface area contributed by atoms with E-state index in [1.807, 2.05) is 4.40 Å². The van der Waals surface area contributed by atoms with Gasteiger partial charge in [0.15, 0.2) is 5.69 Å². The quantitative estimate of drug-likeness (QED) is 0.853. The van der Waals surface area contributed by atoms with Crippen molar-refractivity contribution in [2.45, 2.75) is 12.3 Å². The minimum atomic E-state index is -0.419. The molecular weight excluding hydrogens is 266 g/mol. The van der Waals surface area contributed by atoms with Crippen LogP contribution in [0, 0.1) is 0 Å². The van der Waals surface area contributed by atoms with E-state index in [0.717, 1.165) is 30.9 Å². The molecule has 3 rings (SSSR count). The Balaban J connectivity index is 2.20. The summed E-state index contributed by atoms with van der Waals surface area (Å²) in [5, 5.41) is 3.92. The van der Waals surface area contributed by atoms with E-state index in [1.165, 1.54) is 7.11 Å². The van der Waals surface area contributed by atoms with Crippen molar-refractivity contribution in [1.29, 1.82) is 0 Å². The summed E-state index contributed by atoms with van der Waals surface area (Å²) < 4.78 is 6.68. The lowest BCUT2D eigenvalue weighted by Crippen LogP contribution is -2.10. The first-order chi connectivity index (χ1) is 9.20. The number of aromatic nitrogens is 2. The number of hydrogen-bond acceptors (Lipinski definition) is 4. The van der Waals surface area contributed by atoms with E-state index in [2.05, 4.69) is 10.3 Å². The average molecular weight is 280 g/mol. The highest BCUT2D eigenvalue weighted by Gasteiger charge is 2.25. The first kappa shape index (κ1) is 12.4. The minimum absolute atomic E-state index is 0.296. The first-order valence-electron chi connectivity index (χ1n) is 6.17. The summed E-state index contributed by atoms with van der Waals surface area (Å²) in [5.41, 5.74) is 1.08. The van der Waals surface area contributed by atoms with Crippen LogP contribution in [-0.2, 0) is 4.74 Å². The molecule has 1 saturated heterocycles. The third-order valence-electron chi connectivity index (χ3n) is 3.43. The number of esters is 1. The SMILES string of the molecule is COC(=O)c1nc(C2CCNC2)n2cc(Cl)ccc12. The van der Waals surface area contributed by atoms with E-state index in [1.54, 1.807) is 18.3 Å². The molecule has 1 aliphatic heterocycles. The zero-order valence-corrected chi connectivity index (χ0v) is 11.3. The molecule has 2 aromatic heterocycles. The van der Waals surface area contributed by atoms with E-state index in [0.29, 0.717) is 16.6 Å². The van der Waals surface area contributed by atoms with E-state index in [9.17, 15) is 4.79 Å². The number of ether oxygens (including phenoxy) is 1. The van der Waals surface area contributed by atoms with E-state index >= 15 is 0 Å². The number of pyridine rings is 1. The van der Waals surface area contributed by atoms with E-state index in [-0.39, 0.29) is 0 Å². The van der Waals surface area contributed by atoms with Gasteiger partial charge in [-0.25, -0.2) is 9.78 Å². The lowest BCUT2D eigenvalue weighted by atomic mass is 10.1. The van der Waals surface area contributed by atoms with Gasteiger partial charge in [-0.1, -0.05) is 11.6 Å². The summed E-state index contributed by atoms with van der Waals surface area (Å²) in [5.74, 6) is 0.740. The summed E-state index contributed by atoms with van der Waals surface area (Å²) >= 11 is 6.04. The fraction of sp³-hybridized carbons (Fsp3) is 0.385. The molecule has 100 valence electrons. The summed E-state index contributed by atoms with van der Waals surface area (Å²) in [6, 6.07) is 3.55. The van der Waals surface area contributed by atoms with Crippen molar-refractivity contribution < 1.29 is 9.53 Å². The molecule has 1 aliphatic rings. The van der Waals surface area contributed by atoms with Gasteiger partial charge in [-0.2, -0.15) is 0 Å². The Hall–Kier alpha value is -1.59. The molecule has 19 heavy (non-hydrogen) atoms. The van der Waals surface area contributed by atoms with Crippen molar-refractivity contribution in [2.75, 3.05) is 20.2 Å². The average Bonchev–Trinajstić information content (AvgIpc) is 3.03. The van der Waals surface area contributed by atoms with Crippen molar-refractivity contribution >= 4 is 23.1 Å². The molecule has 0 radical (unpaired) electrons. The number of nitrogens with zero attached hydrogens (tertiary/aromatic N) is 2. The number of carbonyl (C=O) groups is 1. The summed E-state index contributed by atoms with van der Waals surface area (Å²) in [7, 11) is 1.36. The molecule has 0 amide bonds. The molecule has 1 atom stereocenters. The number of halogens is 1. The molecule has 3 heterocycles. The number of imidazole rings is 1. The van der Waals surface area contributed by atoms with Crippen LogP contribution in [0.3, 0.4) is 0 Å². The van der Waals surface area contributed by atoms with E-state index in [4.69, 9.17) is 16.3 Å². The molecule has 2 aromatic rings. The Morgan fingerprint density at radius 3 is 3.11 bits per heavy atom. The number of fused-ring (bicyclic) bond motifs is 1. The van der Waals surface area contributed by atoms with Crippen molar-refractivity contribution in [3.05, 3.63) is 34.9 Å². The molecule has 1 unspecified atom stereocenters. The van der Waals surface area contributed by atoms with Crippen molar-refractivity contribution in [1.82, 2.24) is 14.7 Å². The summed E-state index contributed by atoms with van der Waals surface area (Å²) in [6.45, 7) is 1.83. The summed E-state index contributed by atoms with van der Waals surface area (Å²) in [4.78, 5) is 16.3. The van der Waals surface area contributed by atoms with Gasteiger partial charge in [0, 0.05) is 18.7 Å². The van der Waals surface area contributed by atoms with Gasteiger partial charge in [0.1, 0.15) is 5.82 Å². The number of methoxy groups -OCH3 is 1. The molecule has 5 nitrogen and oxygen atoms in total. The highest BCUT2D eigenvalue weighted by atomic mass is 35.5. The van der Waals surface area contributed by atoms with Gasteiger partial charge in [0.05, 0.1) is 17.6 Å². The van der Waals surface area contributed by atoms with Crippen LogP contribution in [-0.4, -0.2) is 35.6 Å². The summed E-state index contributed by atoms with van der Waals surface area (Å²) in [6.07, 6.45) is 2.80. The minimum Gasteiger partial charge on any atom is -0.464 e. The fourth-order valence-electron chi connectivity index (χ4n) is 2.49. The first-order valence-corrected chi connectivity index (χ1v) is 6.55.